The summed E-state index contributed by atoms with van der Waals surface area (Å²) in [6, 6.07) is 9.12. The molecule has 2 amide bonds. The number of anilines is 1. The average molecular weight is 463 g/mol. The molecule has 162 valence electrons. The number of para-hydroxylation sites is 1. The van der Waals surface area contributed by atoms with Gasteiger partial charge in [0.1, 0.15) is 5.75 Å². The highest BCUT2D eigenvalue weighted by molar-refractivity contribution is 6.35. The van der Waals surface area contributed by atoms with E-state index in [1.807, 2.05) is 0 Å². The Hall–Kier alpha value is -2.45. The summed E-state index contributed by atoms with van der Waals surface area (Å²) < 4.78 is 44.8. The number of carbonyl (C=O) groups is 2. The minimum atomic E-state index is -4.62. The molecule has 30 heavy (non-hydrogen) atoms. The van der Waals surface area contributed by atoms with Gasteiger partial charge in [0.15, 0.2) is 6.10 Å². The van der Waals surface area contributed by atoms with Crippen molar-refractivity contribution in [1.82, 2.24) is 4.90 Å². The van der Waals surface area contributed by atoms with Crippen molar-refractivity contribution in [2.75, 3.05) is 18.4 Å². The zero-order chi connectivity index (χ0) is 22.5. The number of amides is 2. The van der Waals surface area contributed by atoms with Crippen LogP contribution in [-0.4, -0.2) is 35.9 Å². The molecule has 0 heterocycles. The van der Waals surface area contributed by atoms with E-state index in [4.69, 9.17) is 27.9 Å². The van der Waals surface area contributed by atoms with Crippen LogP contribution in [0.3, 0.4) is 0 Å². The number of alkyl halides is 3. The molecule has 0 saturated carbocycles. The summed E-state index contributed by atoms with van der Waals surface area (Å²) in [6.07, 6.45) is -5.61. The Morgan fingerprint density at radius 3 is 2.43 bits per heavy atom. The molecule has 2 aromatic carbocycles. The molecule has 0 spiro atoms. The Morgan fingerprint density at radius 2 is 1.83 bits per heavy atom. The van der Waals surface area contributed by atoms with Gasteiger partial charge in [-0.3, -0.25) is 9.59 Å². The van der Waals surface area contributed by atoms with Gasteiger partial charge in [0.05, 0.1) is 22.8 Å². The van der Waals surface area contributed by atoms with Gasteiger partial charge in [-0.1, -0.05) is 35.3 Å². The predicted octanol–water partition coefficient (Wildman–Crippen LogP) is 5.27. The number of benzene rings is 2. The second-order valence-electron chi connectivity index (χ2n) is 6.28. The average Bonchev–Trinajstić information content (AvgIpc) is 2.67. The molecular weight excluding hydrogens is 444 g/mol. The Morgan fingerprint density at radius 1 is 1.17 bits per heavy atom. The molecule has 0 aliphatic heterocycles. The number of likely N-dealkylation sites (N-methyl/N-ethyl adjacent to an activating group) is 1. The van der Waals surface area contributed by atoms with Crippen LogP contribution >= 0.6 is 23.2 Å². The molecule has 1 unspecified atom stereocenters. The molecule has 2 rings (SSSR count). The monoisotopic (exact) mass is 462 g/mol. The maximum Gasteiger partial charge on any atom is 0.418 e. The predicted molar refractivity (Wildman–Crippen MR) is 109 cm³/mol. The van der Waals surface area contributed by atoms with Crippen molar-refractivity contribution in [3.63, 3.8) is 0 Å². The van der Waals surface area contributed by atoms with E-state index in [0.29, 0.717) is 5.02 Å². The first-order valence-electron chi connectivity index (χ1n) is 8.89. The third-order valence-corrected chi connectivity index (χ3v) is 4.61. The maximum atomic E-state index is 13.1. The van der Waals surface area contributed by atoms with E-state index in [0.717, 1.165) is 12.1 Å². The number of halogens is 5. The fourth-order valence-electron chi connectivity index (χ4n) is 2.62. The fraction of sp³-hybridized carbons (Fsp3) is 0.300. The van der Waals surface area contributed by atoms with Gasteiger partial charge >= 0.3 is 6.18 Å². The number of carbonyl (C=O) groups excluding carboxylic acids is 2. The second-order valence-corrected chi connectivity index (χ2v) is 7.12. The summed E-state index contributed by atoms with van der Waals surface area (Å²) in [5.74, 6) is -1.05. The Labute approximate surface area is 181 Å². The minimum absolute atomic E-state index is 0.148. The van der Waals surface area contributed by atoms with E-state index in [-0.39, 0.29) is 23.0 Å². The van der Waals surface area contributed by atoms with Crippen molar-refractivity contribution in [1.29, 1.82) is 0 Å². The highest BCUT2D eigenvalue weighted by Crippen LogP contribution is 2.34. The molecule has 1 atom stereocenters. The molecule has 0 fully saturated rings. The van der Waals surface area contributed by atoms with Crippen molar-refractivity contribution in [3.8, 4) is 5.75 Å². The standard InChI is InChI=1S/C20H19Cl2F3N2O3/c1-3-27(19(29)12(2)30-17-9-8-13(21)10-15(17)22)11-18(28)26-16-7-5-4-6-14(16)20(23,24)25/h4-10,12H,3,11H2,1-2H3,(H,26,28). The third kappa shape index (κ3) is 6.27. The summed E-state index contributed by atoms with van der Waals surface area (Å²) in [6.45, 7) is 2.82. The molecule has 0 radical (unpaired) electrons. The van der Waals surface area contributed by atoms with Gasteiger partial charge in [0.25, 0.3) is 5.91 Å². The highest BCUT2D eigenvalue weighted by Gasteiger charge is 2.33. The van der Waals surface area contributed by atoms with Crippen LogP contribution in [0.2, 0.25) is 10.0 Å². The first-order valence-corrected chi connectivity index (χ1v) is 9.65. The Bertz CT molecular complexity index is 922. The smallest absolute Gasteiger partial charge is 0.418 e. The lowest BCUT2D eigenvalue weighted by atomic mass is 10.1. The maximum absolute atomic E-state index is 13.1. The molecule has 1 N–H and O–H groups in total. The van der Waals surface area contributed by atoms with E-state index in [9.17, 15) is 22.8 Å². The summed E-state index contributed by atoms with van der Waals surface area (Å²) in [4.78, 5) is 26.1. The van der Waals surface area contributed by atoms with E-state index >= 15 is 0 Å². The molecule has 10 heteroatoms. The Balaban J connectivity index is 2.05. The van der Waals surface area contributed by atoms with Crippen LogP contribution in [0, 0.1) is 0 Å². The van der Waals surface area contributed by atoms with Crippen LogP contribution in [-0.2, 0) is 15.8 Å². The number of hydrogen-bond acceptors (Lipinski definition) is 3. The molecule has 5 nitrogen and oxygen atoms in total. The quantitative estimate of drug-likeness (QED) is 0.609. The first kappa shape index (κ1) is 23.8. The normalized spacial score (nSPS) is 12.2. The first-order chi connectivity index (χ1) is 14.0. The van der Waals surface area contributed by atoms with Crippen LogP contribution in [0.4, 0.5) is 18.9 Å². The van der Waals surface area contributed by atoms with Gasteiger partial charge in [-0.15, -0.1) is 0 Å². The lowest BCUT2D eigenvalue weighted by Crippen LogP contribution is -2.44. The van der Waals surface area contributed by atoms with Crippen LogP contribution in [0.25, 0.3) is 0 Å². The molecular formula is C20H19Cl2F3N2O3. The van der Waals surface area contributed by atoms with Crippen molar-refractivity contribution in [3.05, 3.63) is 58.1 Å². The topological polar surface area (TPSA) is 58.6 Å². The highest BCUT2D eigenvalue weighted by atomic mass is 35.5. The summed E-state index contributed by atoms with van der Waals surface area (Å²) in [5.41, 5.74) is -1.35. The SMILES string of the molecule is CCN(CC(=O)Nc1ccccc1C(F)(F)F)C(=O)C(C)Oc1ccc(Cl)cc1Cl. The van der Waals surface area contributed by atoms with Gasteiger partial charge in [-0.05, 0) is 44.2 Å². The molecule has 0 aliphatic rings. The number of nitrogens with zero attached hydrogens (tertiary/aromatic N) is 1. The number of nitrogens with one attached hydrogen (secondary N) is 1. The zero-order valence-corrected chi connectivity index (χ0v) is 17.6. The third-order valence-electron chi connectivity index (χ3n) is 4.08. The number of rotatable bonds is 7. The molecule has 2 aromatic rings. The van der Waals surface area contributed by atoms with Crippen molar-refractivity contribution < 1.29 is 27.5 Å². The number of ether oxygens (including phenoxy) is 1. The van der Waals surface area contributed by atoms with E-state index in [1.165, 1.54) is 36.1 Å². The summed E-state index contributed by atoms with van der Waals surface area (Å²) >= 11 is 11.8. The molecule has 0 bridgehead atoms. The lowest BCUT2D eigenvalue weighted by Gasteiger charge is -2.25. The summed E-state index contributed by atoms with van der Waals surface area (Å²) in [7, 11) is 0. The molecule has 0 aromatic heterocycles. The molecule has 0 aliphatic carbocycles. The van der Waals surface area contributed by atoms with Crippen molar-refractivity contribution in [2.45, 2.75) is 26.1 Å². The fourth-order valence-corrected chi connectivity index (χ4v) is 3.07. The minimum Gasteiger partial charge on any atom is -0.479 e. The van der Waals surface area contributed by atoms with Gasteiger partial charge in [-0.2, -0.15) is 13.2 Å². The van der Waals surface area contributed by atoms with Crippen LogP contribution in [0.1, 0.15) is 19.4 Å². The van der Waals surface area contributed by atoms with Gasteiger partial charge in [0, 0.05) is 11.6 Å². The van der Waals surface area contributed by atoms with Crippen LogP contribution in [0.5, 0.6) is 5.75 Å². The van der Waals surface area contributed by atoms with E-state index in [1.54, 1.807) is 13.0 Å². The number of hydrogen-bond donors (Lipinski definition) is 1. The van der Waals surface area contributed by atoms with E-state index in [2.05, 4.69) is 5.32 Å². The van der Waals surface area contributed by atoms with E-state index < -0.39 is 36.2 Å². The van der Waals surface area contributed by atoms with Gasteiger partial charge in [0.2, 0.25) is 5.91 Å². The van der Waals surface area contributed by atoms with Gasteiger partial charge < -0.3 is 15.0 Å². The Kier molecular flexibility index (Phi) is 7.97. The molecule has 0 saturated heterocycles. The largest absolute Gasteiger partial charge is 0.479 e. The van der Waals surface area contributed by atoms with Crippen LogP contribution < -0.4 is 10.1 Å². The summed E-state index contributed by atoms with van der Waals surface area (Å²) in [5, 5.41) is 2.83. The van der Waals surface area contributed by atoms with Crippen molar-refractivity contribution in [2.24, 2.45) is 0 Å². The van der Waals surface area contributed by atoms with Crippen molar-refractivity contribution >= 4 is 40.7 Å². The second kappa shape index (κ2) is 10.0. The lowest BCUT2D eigenvalue weighted by molar-refractivity contribution is -0.140. The zero-order valence-electron chi connectivity index (χ0n) is 16.1. The van der Waals surface area contributed by atoms with Gasteiger partial charge in [-0.25, -0.2) is 0 Å². The van der Waals surface area contributed by atoms with Crippen LogP contribution in [0.15, 0.2) is 42.5 Å².